The van der Waals surface area contributed by atoms with Crippen LogP contribution >= 0.6 is 0 Å². The smallest absolute Gasteiger partial charge is 0.350 e. The van der Waals surface area contributed by atoms with E-state index in [4.69, 9.17) is 5.14 Å². The highest BCUT2D eigenvalue weighted by Crippen LogP contribution is 2.44. The second kappa shape index (κ2) is 6.88. The van der Waals surface area contributed by atoms with Crippen LogP contribution in [0.1, 0.15) is 11.3 Å². The Bertz CT molecular complexity index is 1220. The van der Waals surface area contributed by atoms with E-state index in [0.717, 1.165) is 18.2 Å². The fourth-order valence-electron chi connectivity index (χ4n) is 2.66. The van der Waals surface area contributed by atoms with Gasteiger partial charge in [-0.2, -0.15) is 13.2 Å². The maximum atomic E-state index is 14.5. The molecule has 2 N–H and O–H groups in total. The molecule has 5 nitrogen and oxygen atoms in total. The van der Waals surface area contributed by atoms with E-state index in [1.165, 1.54) is 6.92 Å². The Morgan fingerprint density at radius 1 is 1.00 bits per heavy atom. The number of hydrogen-bond donors (Lipinski definition) is 1. The van der Waals surface area contributed by atoms with Crippen LogP contribution in [-0.4, -0.2) is 13.6 Å². The minimum atomic E-state index is -5.14. The lowest BCUT2D eigenvalue weighted by atomic mass is 9.97. The van der Waals surface area contributed by atoms with Gasteiger partial charge in [0.2, 0.25) is 15.8 Å². The molecular formula is C17H10F6N2O3S. The zero-order chi connectivity index (χ0) is 21.7. The van der Waals surface area contributed by atoms with Crippen LogP contribution < -0.4 is 5.14 Å². The summed E-state index contributed by atoms with van der Waals surface area (Å²) in [5, 5.41) is 8.06. The lowest BCUT2D eigenvalue weighted by Crippen LogP contribution is -2.15. The molecule has 0 radical (unpaired) electrons. The summed E-state index contributed by atoms with van der Waals surface area (Å²) in [6.45, 7) is 1.34. The van der Waals surface area contributed by atoms with Gasteiger partial charge in [0, 0.05) is 11.1 Å². The number of halogens is 6. The molecule has 12 heteroatoms. The Morgan fingerprint density at radius 3 is 2.21 bits per heavy atom. The summed E-state index contributed by atoms with van der Waals surface area (Å²) in [6, 6.07) is 3.58. The predicted octanol–water partition coefficient (Wildman–Crippen LogP) is 4.40. The number of hydrogen-bond acceptors (Lipinski definition) is 4. The molecule has 0 aliphatic rings. The number of aryl methyl sites for hydroxylation is 1. The highest BCUT2D eigenvalue weighted by molar-refractivity contribution is 7.89. The van der Waals surface area contributed by atoms with Crippen molar-refractivity contribution in [3.8, 4) is 22.4 Å². The van der Waals surface area contributed by atoms with Gasteiger partial charge in [0.25, 0.3) is 0 Å². The summed E-state index contributed by atoms with van der Waals surface area (Å²) in [5.41, 5.74) is -2.47. The fraction of sp³-hybridized carbons (Fsp3) is 0.118. The number of aromatic nitrogens is 1. The van der Waals surface area contributed by atoms with Gasteiger partial charge in [0.05, 0.1) is 5.56 Å². The minimum Gasteiger partial charge on any atom is -0.350 e. The third-order valence-electron chi connectivity index (χ3n) is 3.98. The summed E-state index contributed by atoms with van der Waals surface area (Å²) in [7, 11) is -4.67. The van der Waals surface area contributed by atoms with Crippen LogP contribution in [-0.2, 0) is 16.2 Å². The number of alkyl halides is 3. The average molecular weight is 436 g/mol. The first-order valence-electron chi connectivity index (χ1n) is 7.66. The minimum absolute atomic E-state index is 0.0567. The number of nitrogens with zero attached hydrogens (tertiary/aromatic N) is 1. The molecule has 29 heavy (non-hydrogen) atoms. The fourth-order valence-corrected chi connectivity index (χ4v) is 3.26. The predicted molar refractivity (Wildman–Crippen MR) is 88.4 cm³/mol. The summed E-state index contributed by atoms with van der Waals surface area (Å²) in [6.07, 6.45) is -5.14. The topological polar surface area (TPSA) is 86.2 Å². The van der Waals surface area contributed by atoms with Crippen molar-refractivity contribution < 1.29 is 39.3 Å². The van der Waals surface area contributed by atoms with Crippen molar-refractivity contribution in [2.24, 2.45) is 5.14 Å². The van der Waals surface area contributed by atoms with E-state index in [1.54, 1.807) is 0 Å². The maximum absolute atomic E-state index is 14.5. The van der Waals surface area contributed by atoms with Crippen molar-refractivity contribution in [2.75, 3.05) is 0 Å². The number of primary sulfonamides is 1. The first-order valence-corrected chi connectivity index (χ1v) is 9.21. The molecule has 0 fully saturated rings. The first-order chi connectivity index (χ1) is 13.3. The maximum Gasteiger partial charge on any atom is 0.453 e. The number of benzene rings is 2. The number of rotatable bonds is 3. The Hall–Kier alpha value is -2.86. The van der Waals surface area contributed by atoms with E-state index in [-0.39, 0.29) is 23.3 Å². The standard InChI is InChI=1S/C17H10F6N2O3S/c1-7-4-8(2-3-10(7)18)15-14(16(28-25-15)17(21,22)23)9-5-12(20)13(6-11(9)19)29(24,26)27/h2-6H,1H3,(H2,24,26,27). The van der Waals surface area contributed by atoms with Crippen molar-refractivity contribution >= 4 is 10.0 Å². The summed E-state index contributed by atoms with van der Waals surface area (Å²) < 4.78 is 109. The van der Waals surface area contributed by atoms with E-state index in [0.29, 0.717) is 0 Å². The van der Waals surface area contributed by atoms with Crippen molar-refractivity contribution in [3.63, 3.8) is 0 Å². The van der Waals surface area contributed by atoms with Gasteiger partial charge in [0.15, 0.2) is 0 Å². The van der Waals surface area contributed by atoms with Gasteiger partial charge in [-0.15, -0.1) is 0 Å². The summed E-state index contributed by atoms with van der Waals surface area (Å²) >= 11 is 0. The first kappa shape index (κ1) is 20.9. The van der Waals surface area contributed by atoms with Gasteiger partial charge in [-0.1, -0.05) is 5.16 Å². The molecule has 0 amide bonds. The highest BCUT2D eigenvalue weighted by atomic mass is 32.2. The van der Waals surface area contributed by atoms with Crippen LogP contribution in [0.3, 0.4) is 0 Å². The lowest BCUT2D eigenvalue weighted by molar-refractivity contribution is -0.154. The van der Waals surface area contributed by atoms with Gasteiger partial charge in [-0.3, -0.25) is 0 Å². The van der Waals surface area contributed by atoms with Crippen molar-refractivity contribution in [1.29, 1.82) is 0 Å². The molecule has 0 unspecified atom stereocenters. The zero-order valence-corrected chi connectivity index (χ0v) is 15.1. The van der Waals surface area contributed by atoms with Gasteiger partial charge >= 0.3 is 6.18 Å². The lowest BCUT2D eigenvalue weighted by Gasteiger charge is -2.10. The zero-order valence-electron chi connectivity index (χ0n) is 14.3. The molecule has 0 saturated carbocycles. The molecule has 0 saturated heterocycles. The summed E-state index contributed by atoms with van der Waals surface area (Å²) in [5.74, 6) is -5.47. The third-order valence-corrected chi connectivity index (χ3v) is 4.90. The molecule has 0 aliphatic heterocycles. The van der Waals surface area contributed by atoms with Crippen LogP contribution in [0.4, 0.5) is 26.3 Å². The van der Waals surface area contributed by atoms with Crippen LogP contribution in [0, 0.1) is 24.4 Å². The van der Waals surface area contributed by atoms with E-state index in [1.807, 2.05) is 0 Å². The van der Waals surface area contributed by atoms with Crippen molar-refractivity contribution in [3.05, 3.63) is 59.1 Å². The largest absolute Gasteiger partial charge is 0.453 e. The van der Waals surface area contributed by atoms with Crippen LogP contribution in [0.25, 0.3) is 22.4 Å². The molecular weight excluding hydrogens is 426 g/mol. The second-order valence-corrected chi connectivity index (χ2v) is 7.53. The normalized spacial score (nSPS) is 12.4. The van der Waals surface area contributed by atoms with E-state index < -0.39 is 61.1 Å². The second-order valence-electron chi connectivity index (χ2n) is 6.00. The van der Waals surface area contributed by atoms with Gasteiger partial charge in [-0.05, 0) is 42.8 Å². The van der Waals surface area contributed by atoms with E-state index in [2.05, 4.69) is 9.68 Å². The SMILES string of the molecule is Cc1cc(-c2noc(C(F)(F)F)c2-c2cc(F)c(S(N)(=O)=O)cc2F)ccc1F. The molecule has 0 spiro atoms. The number of sulfonamides is 1. The van der Waals surface area contributed by atoms with Gasteiger partial charge in [0.1, 0.15) is 28.0 Å². The van der Waals surface area contributed by atoms with E-state index in [9.17, 15) is 34.8 Å². The third kappa shape index (κ3) is 3.85. The van der Waals surface area contributed by atoms with Crippen molar-refractivity contribution in [1.82, 2.24) is 5.16 Å². The molecule has 0 atom stereocenters. The molecule has 0 bridgehead atoms. The van der Waals surface area contributed by atoms with Crippen LogP contribution in [0.5, 0.6) is 0 Å². The molecule has 1 heterocycles. The van der Waals surface area contributed by atoms with Crippen molar-refractivity contribution in [2.45, 2.75) is 18.0 Å². The Balaban J connectivity index is 2.35. The van der Waals surface area contributed by atoms with E-state index >= 15 is 0 Å². The Labute approximate surface area is 159 Å². The Kier molecular flexibility index (Phi) is 4.95. The molecule has 2 aromatic carbocycles. The van der Waals surface area contributed by atoms with Crippen LogP contribution in [0.15, 0.2) is 39.8 Å². The number of nitrogens with two attached hydrogens (primary N) is 1. The summed E-state index contributed by atoms with van der Waals surface area (Å²) in [4.78, 5) is -1.23. The monoisotopic (exact) mass is 436 g/mol. The van der Waals surface area contributed by atoms with Crippen LogP contribution in [0.2, 0.25) is 0 Å². The average Bonchev–Trinajstić information content (AvgIpc) is 3.03. The molecule has 3 aromatic rings. The molecule has 0 aliphatic carbocycles. The van der Waals surface area contributed by atoms with Gasteiger partial charge < -0.3 is 4.52 Å². The van der Waals surface area contributed by atoms with Gasteiger partial charge in [-0.25, -0.2) is 26.7 Å². The molecule has 1 aromatic heterocycles. The highest BCUT2D eigenvalue weighted by Gasteiger charge is 2.42. The molecule has 154 valence electrons. The molecule has 3 rings (SSSR count). The quantitative estimate of drug-likeness (QED) is 0.617. The Morgan fingerprint density at radius 2 is 1.66 bits per heavy atom.